The summed E-state index contributed by atoms with van der Waals surface area (Å²) in [6, 6.07) is 4.16. The smallest absolute Gasteiger partial charge is 0.148 e. The Labute approximate surface area is 77.3 Å². The van der Waals surface area contributed by atoms with Crippen LogP contribution in [0.4, 0.5) is 5.82 Å². The molecule has 0 amide bonds. The topological polar surface area (TPSA) is 47.0 Å². The molecular formula is C9H13N3O. The Morgan fingerprint density at radius 1 is 1.62 bits per heavy atom. The van der Waals surface area contributed by atoms with Crippen LogP contribution in [-0.4, -0.2) is 29.0 Å². The molecular weight excluding hydrogens is 166 g/mol. The van der Waals surface area contributed by atoms with Crippen LogP contribution in [0.3, 0.4) is 0 Å². The Hall–Kier alpha value is -1.16. The molecule has 13 heavy (non-hydrogen) atoms. The quantitative estimate of drug-likeness (QED) is 0.737. The Morgan fingerprint density at radius 2 is 2.54 bits per heavy atom. The maximum absolute atomic E-state index is 5.43. The van der Waals surface area contributed by atoms with Gasteiger partial charge in [-0.2, -0.15) is 5.10 Å². The van der Waals surface area contributed by atoms with E-state index in [1.54, 1.807) is 6.20 Å². The molecule has 1 saturated heterocycles. The van der Waals surface area contributed by atoms with Crippen LogP contribution < -0.4 is 5.32 Å². The highest BCUT2D eigenvalue weighted by Crippen LogP contribution is 2.16. The molecule has 1 aliphatic rings. The van der Waals surface area contributed by atoms with Crippen LogP contribution in [0.25, 0.3) is 0 Å². The number of ether oxygens (including phenoxy) is 1. The van der Waals surface area contributed by atoms with E-state index in [1.165, 1.54) is 0 Å². The zero-order valence-corrected chi connectivity index (χ0v) is 7.60. The molecule has 0 aromatic carbocycles. The van der Waals surface area contributed by atoms with Gasteiger partial charge in [0, 0.05) is 12.8 Å². The van der Waals surface area contributed by atoms with E-state index in [-0.39, 0.29) is 6.10 Å². The van der Waals surface area contributed by atoms with Crippen molar-refractivity contribution in [3.8, 4) is 0 Å². The highest BCUT2D eigenvalue weighted by Gasteiger charge is 2.23. The van der Waals surface area contributed by atoms with Crippen LogP contribution in [0.1, 0.15) is 13.3 Å². The minimum Gasteiger partial charge on any atom is -0.376 e. The molecule has 1 aliphatic heterocycles. The maximum atomic E-state index is 5.43. The third-order valence-corrected chi connectivity index (χ3v) is 2.28. The van der Waals surface area contributed by atoms with Crippen molar-refractivity contribution in [3.63, 3.8) is 0 Å². The normalized spacial score (nSPS) is 27.5. The second-order valence-electron chi connectivity index (χ2n) is 3.22. The lowest BCUT2D eigenvalue weighted by Crippen LogP contribution is -2.27. The minimum absolute atomic E-state index is 0.266. The van der Waals surface area contributed by atoms with Crippen molar-refractivity contribution in [1.82, 2.24) is 10.2 Å². The van der Waals surface area contributed by atoms with Gasteiger partial charge in [-0.25, -0.2) is 0 Å². The molecule has 2 heterocycles. The zero-order valence-electron chi connectivity index (χ0n) is 7.60. The van der Waals surface area contributed by atoms with E-state index in [0.717, 1.165) is 18.8 Å². The van der Waals surface area contributed by atoms with Crippen LogP contribution in [0.15, 0.2) is 18.3 Å². The van der Waals surface area contributed by atoms with E-state index >= 15 is 0 Å². The monoisotopic (exact) mass is 179 g/mol. The van der Waals surface area contributed by atoms with Gasteiger partial charge in [0.05, 0.1) is 12.1 Å². The van der Waals surface area contributed by atoms with Gasteiger partial charge in [-0.15, -0.1) is 5.10 Å². The highest BCUT2D eigenvalue weighted by atomic mass is 16.5. The number of nitrogens with one attached hydrogen (secondary N) is 1. The highest BCUT2D eigenvalue weighted by molar-refractivity contribution is 5.33. The van der Waals surface area contributed by atoms with E-state index in [2.05, 4.69) is 22.4 Å². The van der Waals surface area contributed by atoms with Gasteiger partial charge in [0.15, 0.2) is 0 Å². The number of rotatable bonds is 2. The van der Waals surface area contributed by atoms with Crippen molar-refractivity contribution >= 4 is 5.82 Å². The van der Waals surface area contributed by atoms with Crippen molar-refractivity contribution in [2.45, 2.75) is 25.5 Å². The molecule has 2 rings (SSSR count). The SMILES string of the molecule is CC1OCCC1Nc1cccnn1. The molecule has 0 aliphatic carbocycles. The standard InChI is InChI=1S/C9H13N3O/c1-7-8(4-6-13-7)11-9-3-2-5-10-12-9/h2-3,5,7-8H,4,6H2,1H3,(H,11,12). The number of hydrogen-bond donors (Lipinski definition) is 1. The summed E-state index contributed by atoms with van der Waals surface area (Å²) in [6.07, 6.45) is 2.97. The summed E-state index contributed by atoms with van der Waals surface area (Å²) in [5.41, 5.74) is 0. The molecule has 0 bridgehead atoms. The molecule has 2 atom stereocenters. The summed E-state index contributed by atoms with van der Waals surface area (Å²) in [6.45, 7) is 2.90. The molecule has 70 valence electrons. The second kappa shape index (κ2) is 3.70. The summed E-state index contributed by atoms with van der Waals surface area (Å²) in [5.74, 6) is 0.824. The zero-order chi connectivity index (χ0) is 9.10. The van der Waals surface area contributed by atoms with E-state index in [1.807, 2.05) is 12.1 Å². The summed E-state index contributed by atoms with van der Waals surface area (Å²) >= 11 is 0. The van der Waals surface area contributed by atoms with Crippen molar-refractivity contribution in [2.24, 2.45) is 0 Å². The van der Waals surface area contributed by atoms with Crippen LogP contribution in [-0.2, 0) is 4.74 Å². The number of aromatic nitrogens is 2. The first kappa shape index (κ1) is 8.44. The van der Waals surface area contributed by atoms with Gasteiger partial charge in [0.2, 0.25) is 0 Å². The van der Waals surface area contributed by atoms with Crippen LogP contribution >= 0.6 is 0 Å². The minimum atomic E-state index is 0.266. The fraction of sp³-hybridized carbons (Fsp3) is 0.556. The van der Waals surface area contributed by atoms with Gasteiger partial charge in [0.25, 0.3) is 0 Å². The predicted octanol–water partition coefficient (Wildman–Crippen LogP) is 1.07. The van der Waals surface area contributed by atoms with Crippen molar-refractivity contribution in [2.75, 3.05) is 11.9 Å². The number of anilines is 1. The lowest BCUT2D eigenvalue weighted by atomic mass is 10.1. The van der Waals surface area contributed by atoms with E-state index < -0.39 is 0 Å². The van der Waals surface area contributed by atoms with E-state index in [0.29, 0.717) is 6.04 Å². The Kier molecular flexibility index (Phi) is 2.40. The van der Waals surface area contributed by atoms with Gasteiger partial charge in [-0.1, -0.05) is 0 Å². The van der Waals surface area contributed by atoms with Crippen molar-refractivity contribution in [3.05, 3.63) is 18.3 Å². The molecule has 1 N–H and O–H groups in total. The fourth-order valence-corrected chi connectivity index (χ4v) is 1.49. The molecule has 0 saturated carbocycles. The lowest BCUT2D eigenvalue weighted by Gasteiger charge is -2.15. The second-order valence-corrected chi connectivity index (χ2v) is 3.22. The molecule has 4 nitrogen and oxygen atoms in total. The molecule has 0 radical (unpaired) electrons. The third-order valence-electron chi connectivity index (χ3n) is 2.28. The number of hydrogen-bond acceptors (Lipinski definition) is 4. The van der Waals surface area contributed by atoms with Crippen LogP contribution in [0, 0.1) is 0 Å². The molecule has 1 fully saturated rings. The first-order valence-corrected chi connectivity index (χ1v) is 4.52. The molecule has 4 heteroatoms. The Balaban J connectivity index is 1.98. The Morgan fingerprint density at radius 3 is 3.15 bits per heavy atom. The van der Waals surface area contributed by atoms with Crippen LogP contribution in [0.5, 0.6) is 0 Å². The van der Waals surface area contributed by atoms with Gasteiger partial charge >= 0.3 is 0 Å². The summed E-state index contributed by atoms with van der Waals surface area (Å²) in [5, 5.41) is 11.1. The van der Waals surface area contributed by atoms with Gasteiger partial charge in [0.1, 0.15) is 5.82 Å². The fourth-order valence-electron chi connectivity index (χ4n) is 1.49. The third kappa shape index (κ3) is 1.95. The summed E-state index contributed by atoms with van der Waals surface area (Å²) in [7, 11) is 0. The van der Waals surface area contributed by atoms with Crippen molar-refractivity contribution in [1.29, 1.82) is 0 Å². The van der Waals surface area contributed by atoms with E-state index in [4.69, 9.17) is 4.74 Å². The van der Waals surface area contributed by atoms with Crippen LogP contribution in [0.2, 0.25) is 0 Å². The van der Waals surface area contributed by atoms with Crippen molar-refractivity contribution < 1.29 is 4.74 Å². The number of nitrogens with zero attached hydrogens (tertiary/aromatic N) is 2. The first-order valence-electron chi connectivity index (χ1n) is 4.52. The average Bonchev–Trinajstić information content (AvgIpc) is 2.54. The summed E-state index contributed by atoms with van der Waals surface area (Å²) in [4.78, 5) is 0. The maximum Gasteiger partial charge on any atom is 0.148 e. The van der Waals surface area contributed by atoms with E-state index in [9.17, 15) is 0 Å². The first-order chi connectivity index (χ1) is 6.36. The largest absolute Gasteiger partial charge is 0.376 e. The van der Waals surface area contributed by atoms with Gasteiger partial charge in [-0.3, -0.25) is 0 Å². The molecule has 1 aromatic rings. The molecule has 0 spiro atoms. The molecule has 2 unspecified atom stereocenters. The van der Waals surface area contributed by atoms with Gasteiger partial charge in [-0.05, 0) is 25.5 Å². The molecule has 1 aromatic heterocycles. The summed E-state index contributed by atoms with van der Waals surface area (Å²) < 4.78 is 5.43. The van der Waals surface area contributed by atoms with Gasteiger partial charge < -0.3 is 10.1 Å². The average molecular weight is 179 g/mol. The lowest BCUT2D eigenvalue weighted by molar-refractivity contribution is 0.121. The predicted molar refractivity (Wildman–Crippen MR) is 49.5 cm³/mol. The Bertz CT molecular complexity index is 265.